The fourth-order valence-electron chi connectivity index (χ4n) is 2.47. The Hall–Kier alpha value is -0.770. The van der Waals surface area contributed by atoms with Gasteiger partial charge in [0.15, 0.2) is 5.13 Å². The molecule has 1 unspecified atom stereocenters. The van der Waals surface area contributed by atoms with Crippen molar-refractivity contribution < 1.29 is 0 Å². The highest BCUT2D eigenvalue weighted by atomic mass is 35.5. The lowest BCUT2D eigenvalue weighted by Crippen LogP contribution is -2.18. The molecule has 0 spiro atoms. The Morgan fingerprint density at radius 1 is 1.32 bits per heavy atom. The second-order valence-electron chi connectivity index (χ2n) is 4.69. The predicted molar refractivity (Wildman–Crippen MR) is 82.7 cm³/mol. The standard InChI is InChI=1S/C14H14Cl2N2S/c15-8-12-13(16)17-14(19-12)18-7-6-11(9-18)10-4-2-1-3-5-10/h1-5,11H,6-9H2. The summed E-state index contributed by atoms with van der Waals surface area (Å²) in [6.07, 6.45) is 1.16. The first-order chi connectivity index (χ1) is 9.28. The van der Waals surface area contributed by atoms with Gasteiger partial charge in [-0.3, -0.25) is 0 Å². The van der Waals surface area contributed by atoms with Gasteiger partial charge in [-0.2, -0.15) is 0 Å². The van der Waals surface area contributed by atoms with Gasteiger partial charge in [-0.25, -0.2) is 4.98 Å². The monoisotopic (exact) mass is 312 g/mol. The summed E-state index contributed by atoms with van der Waals surface area (Å²) in [6.45, 7) is 2.04. The number of benzene rings is 1. The van der Waals surface area contributed by atoms with Gasteiger partial charge in [-0.15, -0.1) is 11.6 Å². The number of alkyl halides is 1. The van der Waals surface area contributed by atoms with Crippen molar-refractivity contribution in [2.24, 2.45) is 0 Å². The van der Waals surface area contributed by atoms with E-state index in [9.17, 15) is 0 Å². The predicted octanol–water partition coefficient (Wildman–Crippen LogP) is 4.53. The van der Waals surface area contributed by atoms with Crippen LogP contribution in [0.2, 0.25) is 5.15 Å². The van der Waals surface area contributed by atoms with Gasteiger partial charge in [0.25, 0.3) is 0 Å². The minimum atomic E-state index is 0.437. The zero-order valence-corrected chi connectivity index (χ0v) is 12.7. The first kappa shape index (κ1) is 13.2. The van der Waals surface area contributed by atoms with E-state index in [0.29, 0.717) is 17.0 Å². The molecule has 0 bridgehead atoms. The van der Waals surface area contributed by atoms with Crippen LogP contribution in [-0.4, -0.2) is 18.1 Å². The minimum Gasteiger partial charge on any atom is -0.347 e. The molecule has 1 aliphatic heterocycles. The molecule has 1 fully saturated rings. The molecule has 0 amide bonds. The molecular weight excluding hydrogens is 299 g/mol. The first-order valence-electron chi connectivity index (χ1n) is 6.29. The number of rotatable bonds is 3. The summed E-state index contributed by atoms with van der Waals surface area (Å²) in [4.78, 5) is 7.69. The van der Waals surface area contributed by atoms with Crippen LogP contribution in [0.3, 0.4) is 0 Å². The van der Waals surface area contributed by atoms with Crippen LogP contribution in [0.4, 0.5) is 5.13 Å². The van der Waals surface area contributed by atoms with Crippen LogP contribution in [-0.2, 0) is 5.88 Å². The van der Waals surface area contributed by atoms with E-state index in [1.54, 1.807) is 11.3 Å². The van der Waals surface area contributed by atoms with Gasteiger partial charge in [-0.05, 0) is 12.0 Å². The molecule has 1 aromatic heterocycles. The number of hydrogen-bond acceptors (Lipinski definition) is 3. The van der Waals surface area contributed by atoms with Crippen LogP contribution in [0, 0.1) is 0 Å². The lowest BCUT2D eigenvalue weighted by atomic mass is 9.99. The molecule has 100 valence electrons. The quantitative estimate of drug-likeness (QED) is 0.774. The van der Waals surface area contributed by atoms with Gasteiger partial charge in [0.05, 0.1) is 10.8 Å². The highest BCUT2D eigenvalue weighted by Crippen LogP contribution is 2.36. The SMILES string of the molecule is ClCc1sc(N2CCC(c3ccccc3)C2)nc1Cl. The van der Waals surface area contributed by atoms with Crippen LogP contribution in [0.5, 0.6) is 0 Å². The first-order valence-corrected chi connectivity index (χ1v) is 8.02. The van der Waals surface area contributed by atoms with Gasteiger partial charge in [-0.1, -0.05) is 53.3 Å². The zero-order valence-electron chi connectivity index (χ0n) is 10.4. The molecule has 1 saturated heterocycles. The normalized spacial score (nSPS) is 19.1. The van der Waals surface area contributed by atoms with E-state index >= 15 is 0 Å². The Kier molecular flexibility index (Phi) is 3.96. The number of thiazole rings is 1. The largest absolute Gasteiger partial charge is 0.347 e. The van der Waals surface area contributed by atoms with Crippen molar-refractivity contribution in [3.05, 3.63) is 45.9 Å². The van der Waals surface area contributed by atoms with Crippen molar-refractivity contribution in [3.63, 3.8) is 0 Å². The number of anilines is 1. The smallest absolute Gasteiger partial charge is 0.187 e. The molecule has 1 aliphatic rings. The van der Waals surface area contributed by atoms with Crippen LogP contribution >= 0.6 is 34.5 Å². The Bertz CT molecular complexity index is 556. The molecule has 5 heteroatoms. The summed E-state index contributed by atoms with van der Waals surface area (Å²) in [5, 5.41) is 1.55. The van der Waals surface area contributed by atoms with E-state index in [-0.39, 0.29) is 0 Å². The highest BCUT2D eigenvalue weighted by molar-refractivity contribution is 7.16. The molecule has 0 N–H and O–H groups in total. The zero-order chi connectivity index (χ0) is 13.2. The number of hydrogen-bond donors (Lipinski definition) is 0. The third-order valence-electron chi connectivity index (χ3n) is 3.49. The van der Waals surface area contributed by atoms with Crippen molar-refractivity contribution in [2.75, 3.05) is 18.0 Å². The summed E-state index contributed by atoms with van der Waals surface area (Å²) in [5.74, 6) is 1.02. The Morgan fingerprint density at radius 2 is 2.11 bits per heavy atom. The molecule has 0 aliphatic carbocycles. The lowest BCUT2D eigenvalue weighted by molar-refractivity contribution is 0.775. The van der Waals surface area contributed by atoms with E-state index in [4.69, 9.17) is 23.2 Å². The summed E-state index contributed by atoms with van der Waals surface area (Å²) < 4.78 is 0. The maximum absolute atomic E-state index is 6.07. The molecule has 1 aromatic carbocycles. The average molecular weight is 313 g/mol. The molecule has 3 rings (SSSR count). The van der Waals surface area contributed by atoms with Crippen LogP contribution in [0.15, 0.2) is 30.3 Å². The number of nitrogens with zero attached hydrogens (tertiary/aromatic N) is 2. The number of aromatic nitrogens is 1. The Morgan fingerprint density at radius 3 is 2.79 bits per heavy atom. The third-order valence-corrected chi connectivity index (χ3v) is 5.46. The van der Waals surface area contributed by atoms with E-state index in [1.807, 2.05) is 0 Å². The fourth-order valence-corrected chi connectivity index (χ4v) is 3.98. The van der Waals surface area contributed by atoms with E-state index < -0.39 is 0 Å². The van der Waals surface area contributed by atoms with Crippen molar-refractivity contribution in [1.82, 2.24) is 4.98 Å². The average Bonchev–Trinajstić information content (AvgIpc) is 3.06. The lowest BCUT2D eigenvalue weighted by Gasteiger charge is -2.14. The molecule has 0 saturated carbocycles. The van der Waals surface area contributed by atoms with Crippen molar-refractivity contribution in [3.8, 4) is 0 Å². The van der Waals surface area contributed by atoms with Gasteiger partial charge in [0, 0.05) is 19.0 Å². The molecule has 2 aromatic rings. The summed E-state index contributed by atoms with van der Waals surface area (Å²) in [6, 6.07) is 10.7. The van der Waals surface area contributed by atoms with Gasteiger partial charge in [0.1, 0.15) is 5.15 Å². The van der Waals surface area contributed by atoms with Crippen LogP contribution in [0.1, 0.15) is 22.8 Å². The molecule has 19 heavy (non-hydrogen) atoms. The Balaban J connectivity index is 1.75. The second-order valence-corrected chi connectivity index (χ2v) is 6.37. The highest BCUT2D eigenvalue weighted by Gasteiger charge is 2.26. The van der Waals surface area contributed by atoms with E-state index in [0.717, 1.165) is 29.5 Å². The van der Waals surface area contributed by atoms with Gasteiger partial charge in [0.2, 0.25) is 0 Å². The Labute approximate surface area is 127 Å². The van der Waals surface area contributed by atoms with Gasteiger partial charge >= 0.3 is 0 Å². The summed E-state index contributed by atoms with van der Waals surface area (Å²) in [5.41, 5.74) is 1.41. The van der Waals surface area contributed by atoms with Crippen LogP contribution in [0.25, 0.3) is 0 Å². The van der Waals surface area contributed by atoms with Gasteiger partial charge < -0.3 is 4.90 Å². The maximum atomic E-state index is 6.07. The molecule has 1 atom stereocenters. The maximum Gasteiger partial charge on any atom is 0.187 e. The molecule has 2 nitrogen and oxygen atoms in total. The van der Waals surface area contributed by atoms with Crippen molar-refractivity contribution in [1.29, 1.82) is 0 Å². The number of halogens is 2. The molecular formula is C14H14Cl2N2S. The summed E-state index contributed by atoms with van der Waals surface area (Å²) >= 11 is 13.5. The van der Waals surface area contributed by atoms with E-state index in [1.165, 1.54) is 5.56 Å². The van der Waals surface area contributed by atoms with Crippen molar-refractivity contribution >= 4 is 39.7 Å². The third kappa shape index (κ3) is 2.73. The molecule has 0 radical (unpaired) electrons. The minimum absolute atomic E-state index is 0.437. The van der Waals surface area contributed by atoms with E-state index in [2.05, 4.69) is 40.2 Å². The topological polar surface area (TPSA) is 16.1 Å². The molecule has 2 heterocycles. The van der Waals surface area contributed by atoms with Crippen LogP contribution < -0.4 is 4.90 Å². The van der Waals surface area contributed by atoms with Crippen molar-refractivity contribution in [2.45, 2.75) is 18.2 Å². The fraction of sp³-hybridized carbons (Fsp3) is 0.357. The summed E-state index contributed by atoms with van der Waals surface area (Å²) in [7, 11) is 0. The second kappa shape index (κ2) is 5.70.